The molecule has 2 atom stereocenters. The fourth-order valence-electron chi connectivity index (χ4n) is 5.23. The number of piperazine rings is 1. The summed E-state index contributed by atoms with van der Waals surface area (Å²) in [5, 5.41) is 2.69. The number of amides is 2. The highest BCUT2D eigenvalue weighted by Gasteiger charge is 2.39. The van der Waals surface area contributed by atoms with Crippen LogP contribution in [0, 0.1) is 17.6 Å². The molecule has 10 heteroatoms. The van der Waals surface area contributed by atoms with Crippen LogP contribution in [-0.2, 0) is 16.1 Å². The van der Waals surface area contributed by atoms with Crippen LogP contribution >= 0.6 is 23.4 Å². The number of benzene rings is 3. The molecule has 41 heavy (non-hydrogen) atoms. The fourth-order valence-corrected chi connectivity index (χ4v) is 6.75. The monoisotopic (exact) mass is 598 g/mol. The Morgan fingerprint density at radius 1 is 1.02 bits per heavy atom. The molecule has 3 aromatic rings. The second-order valence-electron chi connectivity index (χ2n) is 10.4. The highest BCUT2D eigenvalue weighted by atomic mass is 35.5. The molecule has 2 heterocycles. The van der Waals surface area contributed by atoms with Crippen molar-refractivity contribution in [3.05, 3.63) is 89.0 Å². The number of nitrogens with zero attached hydrogens (tertiary/aromatic N) is 3. The van der Waals surface area contributed by atoms with Gasteiger partial charge in [-0.2, -0.15) is 0 Å². The van der Waals surface area contributed by atoms with Crippen molar-refractivity contribution in [2.45, 2.75) is 30.0 Å². The van der Waals surface area contributed by atoms with E-state index in [4.69, 9.17) is 11.6 Å². The van der Waals surface area contributed by atoms with E-state index >= 15 is 0 Å². The second-order valence-corrected chi connectivity index (χ2v) is 12.0. The van der Waals surface area contributed by atoms with Gasteiger partial charge in [-0.3, -0.25) is 14.5 Å². The van der Waals surface area contributed by atoms with Gasteiger partial charge in [-0.05, 0) is 67.1 Å². The van der Waals surface area contributed by atoms with Crippen molar-refractivity contribution >= 4 is 46.6 Å². The van der Waals surface area contributed by atoms with Crippen molar-refractivity contribution in [2.24, 2.45) is 5.92 Å². The van der Waals surface area contributed by atoms with Crippen molar-refractivity contribution in [1.29, 1.82) is 0 Å². The molecule has 216 valence electrons. The Hall–Kier alpha value is -3.14. The number of carbonyl (C=O) groups excluding carboxylic acids is 2. The largest absolute Gasteiger partial charge is 0.369 e. The lowest BCUT2D eigenvalue weighted by Crippen LogP contribution is -2.48. The maximum absolute atomic E-state index is 13.7. The zero-order chi connectivity index (χ0) is 28.9. The first-order valence-corrected chi connectivity index (χ1v) is 15.1. The van der Waals surface area contributed by atoms with Gasteiger partial charge < -0.3 is 15.1 Å². The summed E-state index contributed by atoms with van der Waals surface area (Å²) in [7, 11) is 0. The Morgan fingerprint density at radius 2 is 1.73 bits per heavy atom. The third-order valence-electron chi connectivity index (χ3n) is 7.65. The molecule has 2 amide bonds. The first kappa shape index (κ1) is 29.4. The lowest BCUT2D eigenvalue weighted by Gasteiger charge is -2.36. The molecule has 0 radical (unpaired) electrons. The molecule has 0 aromatic heterocycles. The van der Waals surface area contributed by atoms with Crippen LogP contribution in [0.3, 0.4) is 0 Å². The molecule has 0 spiro atoms. The summed E-state index contributed by atoms with van der Waals surface area (Å²) >= 11 is 7.68. The first-order valence-electron chi connectivity index (χ1n) is 13.8. The molecule has 1 saturated heterocycles. The van der Waals surface area contributed by atoms with E-state index in [1.165, 1.54) is 36.0 Å². The van der Waals surface area contributed by atoms with E-state index in [1.54, 1.807) is 17.9 Å². The zero-order valence-corrected chi connectivity index (χ0v) is 24.4. The number of halogens is 3. The molecule has 5 rings (SSSR count). The molecular formula is C31H33ClF2N4O2S. The van der Waals surface area contributed by atoms with Gasteiger partial charge in [-0.25, -0.2) is 8.78 Å². The molecule has 1 fully saturated rings. The first-order chi connectivity index (χ1) is 19.8. The lowest BCUT2D eigenvalue weighted by atomic mass is 10.0. The molecule has 0 bridgehead atoms. The van der Waals surface area contributed by atoms with Crippen LogP contribution in [0.1, 0.15) is 18.9 Å². The Morgan fingerprint density at radius 3 is 2.46 bits per heavy atom. The summed E-state index contributed by atoms with van der Waals surface area (Å²) in [6.45, 7) is 6.92. The highest BCUT2D eigenvalue weighted by molar-refractivity contribution is 8.01. The van der Waals surface area contributed by atoms with Crippen molar-refractivity contribution in [1.82, 2.24) is 10.2 Å². The van der Waals surface area contributed by atoms with Crippen molar-refractivity contribution in [2.75, 3.05) is 49.1 Å². The van der Waals surface area contributed by atoms with Crippen LogP contribution in [0.15, 0.2) is 71.6 Å². The number of fused-ring (bicyclic) bond motifs is 1. The summed E-state index contributed by atoms with van der Waals surface area (Å²) in [5.74, 6) is -1.54. The van der Waals surface area contributed by atoms with Crippen LogP contribution in [0.4, 0.5) is 20.2 Å². The Labute approximate surface area is 248 Å². The highest BCUT2D eigenvalue weighted by Crippen LogP contribution is 2.42. The third kappa shape index (κ3) is 7.02. The fraction of sp³-hybridized carbons (Fsp3) is 0.355. The third-order valence-corrected chi connectivity index (χ3v) is 9.46. The molecule has 3 aromatic carbocycles. The number of anilines is 2. The SMILES string of the molecule is C[C@@H](C(=O)NCCCN1CCN(c2ccc(F)cc2)CC1)[C@@H]1Sc2ccccc2N(Cc2ccc(F)cc2Cl)C1=O. The van der Waals surface area contributed by atoms with Gasteiger partial charge in [0, 0.05) is 48.3 Å². The standard InChI is InChI=1S/C31H33ClF2N4O2S/c1-21(30(39)35-13-4-14-36-15-17-37(18-16-36)25-11-9-23(33)10-12-25)29-31(40)38(27-5-2-3-6-28(27)41-29)20-22-7-8-24(34)19-26(22)32/h2-3,5-12,19,21,29H,4,13-18,20H2,1H3,(H,35,39)/t21-,29+/m1/s1. The van der Waals surface area contributed by atoms with Gasteiger partial charge in [0.15, 0.2) is 0 Å². The molecule has 2 aliphatic rings. The smallest absolute Gasteiger partial charge is 0.241 e. The predicted octanol–water partition coefficient (Wildman–Crippen LogP) is 5.59. The van der Waals surface area contributed by atoms with Gasteiger partial charge in [-0.1, -0.05) is 36.7 Å². The van der Waals surface area contributed by atoms with E-state index in [9.17, 15) is 18.4 Å². The number of carbonyl (C=O) groups is 2. The number of nitrogens with one attached hydrogen (secondary N) is 1. The summed E-state index contributed by atoms with van der Waals surface area (Å²) in [5.41, 5.74) is 2.42. The minimum Gasteiger partial charge on any atom is -0.369 e. The predicted molar refractivity (Wildman–Crippen MR) is 161 cm³/mol. The van der Waals surface area contributed by atoms with Gasteiger partial charge >= 0.3 is 0 Å². The molecule has 0 saturated carbocycles. The van der Waals surface area contributed by atoms with Gasteiger partial charge in [0.25, 0.3) is 0 Å². The normalized spacial score (nSPS) is 18.2. The van der Waals surface area contributed by atoms with Gasteiger partial charge in [-0.15, -0.1) is 11.8 Å². The maximum atomic E-state index is 13.7. The van der Waals surface area contributed by atoms with Gasteiger partial charge in [0.2, 0.25) is 11.8 Å². The van der Waals surface area contributed by atoms with E-state index in [0.29, 0.717) is 12.1 Å². The van der Waals surface area contributed by atoms with Crippen LogP contribution in [0.5, 0.6) is 0 Å². The number of para-hydroxylation sites is 1. The van der Waals surface area contributed by atoms with Crippen molar-refractivity contribution < 1.29 is 18.4 Å². The Balaban J connectivity index is 1.13. The molecule has 1 N–H and O–H groups in total. The number of rotatable bonds is 9. The quantitative estimate of drug-likeness (QED) is 0.326. The van der Waals surface area contributed by atoms with Crippen LogP contribution in [-0.4, -0.2) is 61.2 Å². The minimum absolute atomic E-state index is 0.156. The second kappa shape index (κ2) is 13.2. The summed E-state index contributed by atoms with van der Waals surface area (Å²) in [6.07, 6.45) is 0.804. The lowest BCUT2D eigenvalue weighted by molar-refractivity contribution is -0.128. The maximum Gasteiger partial charge on any atom is 0.241 e. The molecule has 0 aliphatic carbocycles. The molecule has 2 aliphatic heterocycles. The molecular weight excluding hydrogens is 566 g/mol. The van der Waals surface area contributed by atoms with E-state index in [1.807, 2.05) is 36.4 Å². The van der Waals surface area contributed by atoms with Crippen LogP contribution in [0.25, 0.3) is 0 Å². The minimum atomic E-state index is -0.594. The van der Waals surface area contributed by atoms with Gasteiger partial charge in [0.1, 0.15) is 16.9 Å². The molecule has 0 unspecified atom stereocenters. The van der Waals surface area contributed by atoms with E-state index in [0.717, 1.165) is 55.4 Å². The summed E-state index contributed by atoms with van der Waals surface area (Å²) in [6, 6.07) is 18.3. The Bertz CT molecular complexity index is 1380. The zero-order valence-electron chi connectivity index (χ0n) is 22.9. The number of hydrogen-bond acceptors (Lipinski definition) is 5. The van der Waals surface area contributed by atoms with E-state index in [-0.39, 0.29) is 29.2 Å². The average Bonchev–Trinajstić information content (AvgIpc) is 2.98. The van der Waals surface area contributed by atoms with Crippen LogP contribution in [0.2, 0.25) is 5.02 Å². The van der Waals surface area contributed by atoms with E-state index < -0.39 is 17.0 Å². The average molecular weight is 599 g/mol. The van der Waals surface area contributed by atoms with Crippen LogP contribution < -0.4 is 15.1 Å². The topological polar surface area (TPSA) is 55.9 Å². The molecule has 6 nitrogen and oxygen atoms in total. The van der Waals surface area contributed by atoms with Gasteiger partial charge in [0.05, 0.1) is 18.2 Å². The summed E-state index contributed by atoms with van der Waals surface area (Å²) < 4.78 is 26.8. The number of hydrogen-bond donors (Lipinski definition) is 1. The van der Waals surface area contributed by atoms with Crippen molar-refractivity contribution in [3.63, 3.8) is 0 Å². The van der Waals surface area contributed by atoms with E-state index in [2.05, 4.69) is 15.1 Å². The van der Waals surface area contributed by atoms with Crippen molar-refractivity contribution in [3.8, 4) is 0 Å². The summed E-state index contributed by atoms with van der Waals surface area (Å²) in [4.78, 5) is 34.0. The number of thioether (sulfide) groups is 1. The Kier molecular flexibility index (Phi) is 9.47.